The minimum atomic E-state index is -3.38. The number of hydrogen-bond acceptors (Lipinski definition) is 3. The molecule has 7 heteroatoms. The zero-order chi connectivity index (χ0) is 18.7. The number of nitrogens with zero attached hydrogens (tertiary/aromatic N) is 1. The lowest BCUT2D eigenvalue weighted by molar-refractivity contribution is 0.477. The number of benzene rings is 2. The van der Waals surface area contributed by atoms with E-state index in [0.29, 0.717) is 23.1 Å². The molecule has 138 valence electrons. The van der Waals surface area contributed by atoms with Gasteiger partial charge in [-0.1, -0.05) is 6.07 Å². The van der Waals surface area contributed by atoms with Gasteiger partial charge in [-0.25, -0.2) is 8.42 Å². The van der Waals surface area contributed by atoms with Crippen molar-refractivity contribution in [3.63, 3.8) is 0 Å². The summed E-state index contributed by atoms with van der Waals surface area (Å²) in [5.41, 5.74) is 3.99. The fourth-order valence-electron chi connectivity index (χ4n) is 3.13. The van der Waals surface area contributed by atoms with Gasteiger partial charge in [0.2, 0.25) is 10.0 Å². The molecule has 0 atom stereocenters. The van der Waals surface area contributed by atoms with E-state index in [-0.39, 0.29) is 0 Å². The van der Waals surface area contributed by atoms with E-state index < -0.39 is 10.0 Å². The molecule has 0 unspecified atom stereocenters. The molecule has 0 saturated carbocycles. The molecule has 1 saturated heterocycles. The summed E-state index contributed by atoms with van der Waals surface area (Å²) in [7, 11) is -3.38. The van der Waals surface area contributed by atoms with Crippen LogP contribution >= 0.6 is 12.2 Å². The first-order chi connectivity index (χ1) is 12.3. The lowest BCUT2D eigenvalue weighted by atomic mass is 10.1. The number of thiocarbonyl (C=S) groups is 1. The van der Waals surface area contributed by atoms with Crippen LogP contribution in [0.1, 0.15) is 24.0 Å². The minimum absolute atomic E-state index is 0.318. The van der Waals surface area contributed by atoms with Crippen LogP contribution in [0.15, 0.2) is 47.4 Å². The van der Waals surface area contributed by atoms with Crippen LogP contribution in [0.5, 0.6) is 0 Å². The van der Waals surface area contributed by atoms with Gasteiger partial charge in [0.25, 0.3) is 0 Å². The summed E-state index contributed by atoms with van der Waals surface area (Å²) in [5, 5.41) is 6.71. The van der Waals surface area contributed by atoms with E-state index >= 15 is 0 Å². The van der Waals surface area contributed by atoms with Gasteiger partial charge in [-0.2, -0.15) is 4.31 Å². The van der Waals surface area contributed by atoms with Crippen molar-refractivity contribution in [2.24, 2.45) is 0 Å². The molecule has 2 N–H and O–H groups in total. The predicted octanol–water partition coefficient (Wildman–Crippen LogP) is 3.90. The van der Waals surface area contributed by atoms with E-state index in [4.69, 9.17) is 12.2 Å². The number of rotatable bonds is 4. The monoisotopic (exact) mass is 389 g/mol. The van der Waals surface area contributed by atoms with E-state index in [0.717, 1.165) is 35.3 Å². The summed E-state index contributed by atoms with van der Waals surface area (Å²) < 4.78 is 26.6. The maximum absolute atomic E-state index is 12.5. The van der Waals surface area contributed by atoms with Gasteiger partial charge in [-0.05, 0) is 86.4 Å². The molecule has 0 radical (unpaired) electrons. The molecule has 3 rings (SSSR count). The molecule has 2 aromatic carbocycles. The number of nitrogens with one attached hydrogen (secondary N) is 2. The van der Waals surface area contributed by atoms with E-state index in [9.17, 15) is 8.42 Å². The first-order valence-electron chi connectivity index (χ1n) is 8.61. The summed E-state index contributed by atoms with van der Waals surface area (Å²) in [6.45, 7) is 5.28. The lowest BCUT2D eigenvalue weighted by Gasteiger charge is -2.16. The average molecular weight is 390 g/mol. The maximum Gasteiger partial charge on any atom is 0.243 e. The zero-order valence-electron chi connectivity index (χ0n) is 15.0. The van der Waals surface area contributed by atoms with E-state index in [1.807, 2.05) is 26.0 Å². The molecule has 5 nitrogen and oxygen atoms in total. The smallest absolute Gasteiger partial charge is 0.243 e. The second-order valence-electron chi connectivity index (χ2n) is 6.59. The fraction of sp³-hybridized carbons (Fsp3) is 0.316. The van der Waals surface area contributed by atoms with Crippen LogP contribution in [-0.2, 0) is 10.0 Å². The van der Waals surface area contributed by atoms with Gasteiger partial charge < -0.3 is 10.6 Å². The molecule has 1 aliphatic rings. The highest BCUT2D eigenvalue weighted by Crippen LogP contribution is 2.22. The first-order valence-corrected chi connectivity index (χ1v) is 10.5. The van der Waals surface area contributed by atoms with Gasteiger partial charge in [0.05, 0.1) is 4.90 Å². The molecule has 0 amide bonds. The Hall–Kier alpha value is -1.96. The van der Waals surface area contributed by atoms with Crippen molar-refractivity contribution in [2.45, 2.75) is 31.6 Å². The Morgan fingerprint density at radius 2 is 1.46 bits per heavy atom. The van der Waals surface area contributed by atoms with Crippen LogP contribution in [0.25, 0.3) is 0 Å². The molecule has 26 heavy (non-hydrogen) atoms. The standard InChI is InChI=1S/C19H23N3O2S2/c1-14-11-15(2)13-17(12-14)21-19(25)20-16-5-7-18(8-6-16)26(23,24)22-9-3-4-10-22/h5-8,11-13H,3-4,9-10H2,1-2H3,(H2,20,21,25). The Balaban J connectivity index is 1.66. The van der Waals surface area contributed by atoms with E-state index in [2.05, 4.69) is 16.7 Å². The number of hydrogen-bond donors (Lipinski definition) is 2. The summed E-state index contributed by atoms with van der Waals surface area (Å²) in [6.07, 6.45) is 1.86. The minimum Gasteiger partial charge on any atom is -0.332 e. The van der Waals surface area contributed by atoms with Crippen molar-refractivity contribution in [1.29, 1.82) is 0 Å². The molecule has 0 bridgehead atoms. The fourth-order valence-corrected chi connectivity index (χ4v) is 4.88. The molecular weight excluding hydrogens is 366 g/mol. The predicted molar refractivity (Wildman–Crippen MR) is 110 cm³/mol. The number of sulfonamides is 1. The van der Waals surface area contributed by atoms with Gasteiger partial charge in [0.1, 0.15) is 0 Å². The van der Waals surface area contributed by atoms with E-state index in [1.54, 1.807) is 28.6 Å². The van der Waals surface area contributed by atoms with Crippen LogP contribution in [0.2, 0.25) is 0 Å². The van der Waals surface area contributed by atoms with E-state index in [1.165, 1.54) is 0 Å². The van der Waals surface area contributed by atoms with Gasteiger partial charge >= 0.3 is 0 Å². The van der Waals surface area contributed by atoms with Gasteiger partial charge in [-0.15, -0.1) is 0 Å². The molecule has 0 aliphatic carbocycles. The summed E-state index contributed by atoms with van der Waals surface area (Å²) in [4.78, 5) is 0.318. The molecule has 1 fully saturated rings. The Morgan fingerprint density at radius 1 is 0.923 bits per heavy atom. The van der Waals surface area contributed by atoms with Crippen LogP contribution in [0.4, 0.5) is 11.4 Å². The Bertz CT molecular complexity index is 883. The molecular formula is C19H23N3O2S2. The number of aryl methyl sites for hydroxylation is 2. The van der Waals surface area contributed by atoms with Crippen molar-refractivity contribution >= 4 is 38.7 Å². The van der Waals surface area contributed by atoms with Crippen molar-refractivity contribution in [3.05, 3.63) is 53.6 Å². The summed E-state index contributed by atoms with van der Waals surface area (Å²) in [5.74, 6) is 0. The quantitative estimate of drug-likeness (QED) is 0.777. The van der Waals surface area contributed by atoms with Crippen molar-refractivity contribution in [2.75, 3.05) is 23.7 Å². The first kappa shape index (κ1) is 18.8. The van der Waals surface area contributed by atoms with Crippen LogP contribution in [0, 0.1) is 13.8 Å². The Labute approximate surface area is 160 Å². The molecule has 1 heterocycles. The summed E-state index contributed by atoms with van der Waals surface area (Å²) >= 11 is 5.35. The number of anilines is 2. The maximum atomic E-state index is 12.5. The third-order valence-electron chi connectivity index (χ3n) is 4.29. The second-order valence-corrected chi connectivity index (χ2v) is 8.94. The average Bonchev–Trinajstić information content (AvgIpc) is 3.09. The van der Waals surface area contributed by atoms with Crippen LogP contribution in [0.3, 0.4) is 0 Å². The normalized spacial score (nSPS) is 15.0. The summed E-state index contributed by atoms with van der Waals surface area (Å²) in [6, 6.07) is 12.8. The highest BCUT2D eigenvalue weighted by molar-refractivity contribution is 7.89. The van der Waals surface area contributed by atoms with Crippen LogP contribution in [-0.4, -0.2) is 30.9 Å². The third kappa shape index (κ3) is 4.41. The topological polar surface area (TPSA) is 61.4 Å². The zero-order valence-corrected chi connectivity index (χ0v) is 16.6. The highest BCUT2D eigenvalue weighted by atomic mass is 32.2. The Morgan fingerprint density at radius 3 is 2.04 bits per heavy atom. The van der Waals surface area contributed by atoms with Crippen molar-refractivity contribution in [3.8, 4) is 0 Å². The highest BCUT2D eigenvalue weighted by Gasteiger charge is 2.26. The molecule has 0 aromatic heterocycles. The molecule has 2 aromatic rings. The molecule has 1 aliphatic heterocycles. The second kappa shape index (κ2) is 7.73. The lowest BCUT2D eigenvalue weighted by Crippen LogP contribution is -2.27. The van der Waals surface area contributed by atoms with Gasteiger partial charge in [0.15, 0.2) is 5.11 Å². The van der Waals surface area contributed by atoms with Crippen molar-refractivity contribution < 1.29 is 8.42 Å². The van der Waals surface area contributed by atoms with Gasteiger partial charge in [0, 0.05) is 24.5 Å². The SMILES string of the molecule is Cc1cc(C)cc(NC(=S)Nc2ccc(S(=O)(=O)N3CCCC3)cc2)c1. The van der Waals surface area contributed by atoms with Gasteiger partial charge in [-0.3, -0.25) is 0 Å². The van der Waals surface area contributed by atoms with Crippen molar-refractivity contribution in [1.82, 2.24) is 4.31 Å². The largest absolute Gasteiger partial charge is 0.332 e. The molecule has 0 spiro atoms. The van der Waals surface area contributed by atoms with Crippen LogP contribution < -0.4 is 10.6 Å². The Kier molecular flexibility index (Phi) is 5.60. The third-order valence-corrected chi connectivity index (χ3v) is 6.41.